The number of carbonyl (C=O) groups excluding carboxylic acids is 1. The van der Waals surface area contributed by atoms with Crippen molar-refractivity contribution in [3.63, 3.8) is 0 Å². The van der Waals surface area contributed by atoms with Crippen LogP contribution >= 0.6 is 23.4 Å². The van der Waals surface area contributed by atoms with Crippen LogP contribution in [0.1, 0.15) is 163 Å². The van der Waals surface area contributed by atoms with E-state index >= 15 is 0 Å². The molecule has 4 aliphatic rings. The second-order valence-electron chi connectivity index (χ2n) is 23.6. The third-order valence-corrected chi connectivity index (χ3v) is 21.9. The fourth-order valence-corrected chi connectivity index (χ4v) is 20.6. The molecular formula is C61H99BrN9O8PPd. The van der Waals surface area contributed by atoms with Crippen molar-refractivity contribution < 1.29 is 58.6 Å². The minimum absolute atomic E-state index is 0. The zero-order valence-electron chi connectivity index (χ0n) is 49.4. The van der Waals surface area contributed by atoms with Crippen LogP contribution in [-0.2, 0) is 44.0 Å². The van der Waals surface area contributed by atoms with Crippen LogP contribution in [-0.4, -0.2) is 141 Å². The van der Waals surface area contributed by atoms with Crippen LogP contribution in [0, 0.1) is 0 Å². The molecule has 20 heteroatoms. The van der Waals surface area contributed by atoms with E-state index in [1.54, 1.807) is 0 Å². The summed E-state index contributed by atoms with van der Waals surface area (Å²) < 4.78 is 29.3. The summed E-state index contributed by atoms with van der Waals surface area (Å²) in [7, 11) is -2.31. The van der Waals surface area contributed by atoms with Crippen molar-refractivity contribution in [1.82, 2.24) is 29.9 Å². The first-order valence-corrected chi connectivity index (χ1v) is 31.1. The summed E-state index contributed by atoms with van der Waals surface area (Å²) in [5.74, 6) is 1.89. The summed E-state index contributed by atoms with van der Waals surface area (Å²) in [4.78, 5) is 53.7. The molecule has 0 aliphatic carbocycles. The van der Waals surface area contributed by atoms with Gasteiger partial charge in [0, 0.05) is 106 Å². The van der Waals surface area contributed by atoms with Gasteiger partial charge in [-0.1, -0.05) is 30.8 Å². The van der Waals surface area contributed by atoms with Gasteiger partial charge in [0.2, 0.25) is 23.7 Å². The largest absolute Gasteiger partial charge is 0.476 e. The molecule has 0 radical (unpaired) electrons. The van der Waals surface area contributed by atoms with Gasteiger partial charge in [0.15, 0.2) is 0 Å². The Balaban J connectivity index is 0.000000295. The predicted molar refractivity (Wildman–Crippen MR) is 339 cm³/mol. The number of aromatic nitrogens is 6. The van der Waals surface area contributed by atoms with Crippen LogP contribution in [0.5, 0.6) is 11.8 Å². The van der Waals surface area contributed by atoms with Crippen LogP contribution in [0.25, 0.3) is 43.9 Å². The smallest absolute Gasteiger partial charge is 0.243 e. The molecular weight excluding hydrogens is 1200 g/mol. The minimum Gasteiger partial charge on any atom is -0.476 e. The van der Waals surface area contributed by atoms with Crippen LogP contribution < -0.4 is 24.2 Å². The van der Waals surface area contributed by atoms with Crippen LogP contribution in [0.15, 0.2) is 40.9 Å². The van der Waals surface area contributed by atoms with Gasteiger partial charge < -0.3 is 48.7 Å². The van der Waals surface area contributed by atoms with E-state index in [1.807, 2.05) is 19.9 Å². The molecule has 0 unspecified atom stereocenters. The number of anilines is 3. The number of carboxylic acids is 1. The fraction of sp³-hybridized carbons (Fsp3) is 0.639. The van der Waals surface area contributed by atoms with E-state index in [-0.39, 0.29) is 56.7 Å². The molecule has 10 rings (SSSR count). The molecule has 2 aromatic carbocycles. The monoisotopic (exact) mass is 1300 g/mol. The molecule has 6 aromatic rings. The molecule has 3 N–H and O–H groups in total. The van der Waals surface area contributed by atoms with Crippen molar-refractivity contribution in [2.45, 2.75) is 178 Å². The summed E-state index contributed by atoms with van der Waals surface area (Å²) in [5.41, 5.74) is 6.97. The van der Waals surface area contributed by atoms with Gasteiger partial charge in [-0.25, -0.2) is 9.97 Å². The van der Waals surface area contributed by atoms with Crippen LogP contribution in [0.3, 0.4) is 0 Å². The van der Waals surface area contributed by atoms with Gasteiger partial charge in [0.05, 0.1) is 31.9 Å². The van der Waals surface area contributed by atoms with Crippen molar-refractivity contribution in [3.05, 3.63) is 40.9 Å². The number of morpholine rings is 1. The summed E-state index contributed by atoms with van der Waals surface area (Å²) >= 11 is 3.52. The zero-order valence-corrected chi connectivity index (χ0v) is 53.6. The number of hydrogen-bond acceptors (Lipinski definition) is 14. The average molecular weight is 1300 g/mol. The molecule has 4 aromatic heterocycles. The van der Waals surface area contributed by atoms with Gasteiger partial charge in [0.25, 0.3) is 5.97 Å². The number of halogens is 1. The van der Waals surface area contributed by atoms with Crippen molar-refractivity contribution in [3.8, 4) is 11.8 Å². The molecule has 4 aliphatic heterocycles. The molecule has 4 fully saturated rings. The Labute approximate surface area is 506 Å². The third-order valence-electron chi connectivity index (χ3n) is 14.5. The molecule has 0 amide bonds. The molecule has 17 nitrogen and oxygen atoms in total. The number of ether oxygens (including phenoxy) is 4. The number of H-pyrrole nitrogens is 2. The number of nitrogens with one attached hydrogen (secondary N) is 2. The number of hydrogen-bond donors (Lipinski definition) is 3. The summed E-state index contributed by atoms with van der Waals surface area (Å²) in [5, 5.41) is 9.66. The SMILES string of the molecule is C.C.C1CCOCC1.CC(=O)O.CC(=O)O[PH](C(C)(C)C)(C(C)(C)C)C(C)(C)C.CCOc1nc(N2CCCCC2)nc2c1[nH]c1cc(Br)ccc12.CCOc1nc(N2CCCCC2)nc2c1[nH]c1cc(N3CCOCC3)ccc12.[Pd]. The molecule has 0 saturated carbocycles. The van der Waals surface area contributed by atoms with Crippen molar-refractivity contribution in [2.75, 3.05) is 93.6 Å². The van der Waals surface area contributed by atoms with Crippen LogP contribution in [0.2, 0.25) is 0 Å². The molecule has 4 saturated heterocycles. The van der Waals surface area contributed by atoms with Crippen molar-refractivity contribution >= 4 is 96.8 Å². The number of fused-ring (bicyclic) bond motifs is 6. The predicted octanol–water partition coefficient (Wildman–Crippen LogP) is 14.8. The number of piperidine rings is 2. The van der Waals surface area contributed by atoms with E-state index in [9.17, 15) is 4.79 Å². The second-order valence-corrected chi connectivity index (χ2v) is 30.5. The number of nitrogens with zero attached hydrogens (tertiary/aromatic N) is 7. The average Bonchev–Trinajstić information content (AvgIpc) is 3.97. The first-order chi connectivity index (χ1) is 37.0. The Bertz CT molecular complexity index is 2840. The van der Waals surface area contributed by atoms with Gasteiger partial charge in [-0.3, -0.25) is 4.79 Å². The first kappa shape index (κ1) is 70.9. The summed E-state index contributed by atoms with van der Waals surface area (Å²) in [6.45, 7) is 37.1. The summed E-state index contributed by atoms with van der Waals surface area (Å²) in [6.07, 6.45) is 11.3. The van der Waals surface area contributed by atoms with Gasteiger partial charge >= 0.3 is 107 Å². The molecule has 0 atom stereocenters. The Morgan fingerprint density at radius 1 is 0.593 bits per heavy atom. The zero-order chi connectivity index (χ0) is 56.8. The molecule has 81 heavy (non-hydrogen) atoms. The normalized spacial score (nSPS) is 16.0. The first-order valence-electron chi connectivity index (χ1n) is 28.4. The Kier molecular flexibility index (Phi) is 28.1. The maximum Gasteiger partial charge on any atom is 0.243 e. The van der Waals surface area contributed by atoms with Crippen LogP contribution in [0.4, 0.5) is 17.6 Å². The van der Waals surface area contributed by atoms with E-state index in [1.165, 1.54) is 70.4 Å². The van der Waals surface area contributed by atoms with Crippen molar-refractivity contribution in [2.24, 2.45) is 0 Å². The number of aromatic amines is 2. The number of rotatable bonds is 8. The number of benzene rings is 2. The molecule has 0 spiro atoms. The van der Waals surface area contributed by atoms with Gasteiger partial charge in [-0.05, 0) is 108 Å². The molecule has 0 bridgehead atoms. The number of aliphatic carboxylic acids is 1. The fourth-order valence-electron chi connectivity index (χ4n) is 12.1. The van der Waals surface area contributed by atoms with Gasteiger partial charge in [0.1, 0.15) is 22.1 Å². The molecule has 8 heterocycles. The Morgan fingerprint density at radius 2 is 0.988 bits per heavy atom. The van der Waals surface area contributed by atoms with Gasteiger partial charge in [-0.15, -0.1) is 0 Å². The van der Waals surface area contributed by atoms with Crippen molar-refractivity contribution in [1.29, 1.82) is 0 Å². The van der Waals surface area contributed by atoms with E-state index < -0.39 is 13.5 Å². The quantitative estimate of drug-likeness (QED) is 0.0962. The summed E-state index contributed by atoms with van der Waals surface area (Å²) in [6, 6.07) is 12.7. The van der Waals surface area contributed by atoms with E-state index in [0.717, 1.165) is 133 Å². The van der Waals surface area contributed by atoms with E-state index in [4.69, 9.17) is 48.3 Å². The Hall–Kier alpha value is -4.37. The third kappa shape index (κ3) is 18.3. The maximum absolute atomic E-state index is 11.6. The standard InChI is InChI=1S/C21H27N5O2.C17H19BrN4O.C14H31O2P.C5H10O.C2H4O2.2CH4.Pd/c1-2-28-20-19-18(23-21(24-20)26-8-4-3-5-9-26)16-7-6-15(14-17(16)22-19)25-10-12-27-13-11-25;1-2-23-16-15-14(12-7-6-11(18)10-13(12)19-15)20-17(21-16)22-8-4-3-5-9-22;1-11(15)16-17(12(2,3)4,13(5,6)7)14(8,9)10;1-2-4-6-5-3-1;1-2(3)4;;;/h6-7,14,22H,2-5,8-13H2,1H3;6-7,10,19H,2-5,8-9H2,1H3;17H,1-10H3;1-5H2;1H3,(H,3,4);2*1H4;. The van der Waals surface area contributed by atoms with E-state index in [2.05, 4.69) is 138 Å². The second kappa shape index (κ2) is 32.1. The van der Waals surface area contributed by atoms with E-state index in [0.29, 0.717) is 25.0 Å². The number of carboxylic acid groups (broad SMARTS) is 1. The Morgan fingerprint density at radius 3 is 1.35 bits per heavy atom. The minimum atomic E-state index is -2.31. The topological polar surface area (TPSA) is 193 Å². The molecule has 458 valence electrons. The maximum atomic E-state index is 11.6. The van der Waals surface area contributed by atoms with Gasteiger partial charge in [-0.2, -0.15) is 9.97 Å². The number of carbonyl (C=O) groups is 2.